The summed E-state index contributed by atoms with van der Waals surface area (Å²) in [5.41, 5.74) is 1.37. The molecular weight excluding hydrogens is 498 g/mol. The highest BCUT2D eigenvalue weighted by Gasteiger charge is 2.15. The Labute approximate surface area is 217 Å². The van der Waals surface area contributed by atoms with Crippen LogP contribution in [0.5, 0.6) is 11.5 Å². The third-order valence-corrected chi connectivity index (χ3v) is 6.70. The van der Waals surface area contributed by atoms with Gasteiger partial charge in [-0.2, -0.15) is 0 Å². The van der Waals surface area contributed by atoms with E-state index in [0.717, 1.165) is 6.42 Å². The number of carbonyl (C=O) groups excluding carboxylic acids is 1. The van der Waals surface area contributed by atoms with Crippen LogP contribution >= 0.6 is 12.2 Å². The van der Waals surface area contributed by atoms with Crippen LogP contribution in [0, 0.1) is 0 Å². The fourth-order valence-corrected chi connectivity index (χ4v) is 4.32. The summed E-state index contributed by atoms with van der Waals surface area (Å²) in [5, 5.41) is 5.57. The molecule has 0 aliphatic carbocycles. The number of hydrogen-bond donors (Lipinski definition) is 3. The minimum Gasteiger partial charge on any atom is -0.494 e. The standard InChI is InChI=1S/C26H29N3O5S2/c1-4-18(3)34-23-12-6-19(7-13-23)25(30)28-26(35)27-20-10-16-24(17-11-20)36(31,32)29-21-8-14-22(15-9-21)33-5-2/h6-18,29H,4-5H2,1-3H3,(H2,27,28,30,35). The van der Waals surface area contributed by atoms with Gasteiger partial charge in [-0.15, -0.1) is 0 Å². The Bertz CT molecular complexity index is 1280. The Kier molecular flexibility index (Phi) is 9.26. The van der Waals surface area contributed by atoms with Gasteiger partial charge in [0.05, 0.1) is 17.6 Å². The zero-order chi connectivity index (χ0) is 26.1. The molecular formula is C26H29N3O5S2. The van der Waals surface area contributed by atoms with Crippen LogP contribution in [-0.2, 0) is 10.0 Å². The van der Waals surface area contributed by atoms with E-state index >= 15 is 0 Å². The average molecular weight is 528 g/mol. The zero-order valence-corrected chi connectivity index (χ0v) is 21.9. The maximum atomic E-state index is 12.7. The van der Waals surface area contributed by atoms with Crippen molar-refractivity contribution >= 4 is 44.6 Å². The van der Waals surface area contributed by atoms with E-state index in [4.69, 9.17) is 21.7 Å². The molecule has 3 aromatic rings. The Balaban J connectivity index is 1.55. The number of sulfonamides is 1. The summed E-state index contributed by atoms with van der Waals surface area (Å²) in [7, 11) is -3.78. The second-order valence-corrected chi connectivity index (χ2v) is 9.95. The molecule has 0 saturated heterocycles. The molecule has 190 valence electrons. The molecule has 0 aliphatic rings. The van der Waals surface area contributed by atoms with Crippen LogP contribution in [-0.4, -0.2) is 32.1 Å². The van der Waals surface area contributed by atoms with E-state index in [1.807, 2.05) is 20.8 Å². The van der Waals surface area contributed by atoms with Crippen LogP contribution in [0.3, 0.4) is 0 Å². The Morgan fingerprint density at radius 2 is 1.47 bits per heavy atom. The highest BCUT2D eigenvalue weighted by molar-refractivity contribution is 7.92. The summed E-state index contributed by atoms with van der Waals surface area (Å²) < 4.78 is 39.0. The van der Waals surface area contributed by atoms with Crippen molar-refractivity contribution in [1.29, 1.82) is 0 Å². The number of amides is 1. The largest absolute Gasteiger partial charge is 0.494 e. The summed E-state index contributed by atoms with van der Waals surface area (Å²) in [6, 6.07) is 19.4. The number of hydrogen-bond acceptors (Lipinski definition) is 6. The number of nitrogens with one attached hydrogen (secondary N) is 3. The van der Waals surface area contributed by atoms with Crippen LogP contribution in [0.1, 0.15) is 37.6 Å². The molecule has 0 radical (unpaired) electrons. The van der Waals surface area contributed by atoms with Crippen molar-refractivity contribution in [3.05, 3.63) is 78.4 Å². The van der Waals surface area contributed by atoms with Gasteiger partial charge in [0.2, 0.25) is 0 Å². The van der Waals surface area contributed by atoms with Crippen molar-refractivity contribution in [3.8, 4) is 11.5 Å². The maximum absolute atomic E-state index is 12.7. The Morgan fingerprint density at radius 1 is 0.889 bits per heavy atom. The number of benzene rings is 3. The minimum atomic E-state index is -3.78. The highest BCUT2D eigenvalue weighted by Crippen LogP contribution is 2.21. The SMILES string of the molecule is CCOc1ccc(NS(=O)(=O)c2ccc(NC(=S)NC(=O)c3ccc(OC(C)CC)cc3)cc2)cc1. The van der Waals surface area contributed by atoms with Crippen molar-refractivity contribution in [3.63, 3.8) is 0 Å². The van der Waals surface area contributed by atoms with Crippen LogP contribution < -0.4 is 24.8 Å². The lowest BCUT2D eigenvalue weighted by Gasteiger charge is -2.13. The normalized spacial score (nSPS) is 11.8. The van der Waals surface area contributed by atoms with Crippen molar-refractivity contribution < 1.29 is 22.7 Å². The smallest absolute Gasteiger partial charge is 0.261 e. The second-order valence-electron chi connectivity index (χ2n) is 7.86. The quantitative estimate of drug-likeness (QED) is 0.312. The number of thiocarbonyl (C=S) groups is 1. The first-order chi connectivity index (χ1) is 17.2. The van der Waals surface area contributed by atoms with Crippen LogP contribution in [0.15, 0.2) is 77.7 Å². The molecule has 1 atom stereocenters. The molecule has 3 rings (SSSR count). The lowest BCUT2D eigenvalue weighted by molar-refractivity contribution is 0.0977. The van der Waals surface area contributed by atoms with Gasteiger partial charge in [0.25, 0.3) is 15.9 Å². The molecule has 0 fully saturated rings. The molecule has 10 heteroatoms. The van der Waals surface area contributed by atoms with E-state index in [2.05, 4.69) is 15.4 Å². The summed E-state index contributed by atoms with van der Waals surface area (Å²) in [6.45, 7) is 6.41. The lowest BCUT2D eigenvalue weighted by atomic mass is 10.2. The topological polar surface area (TPSA) is 106 Å². The number of anilines is 2. The maximum Gasteiger partial charge on any atom is 0.261 e. The molecule has 0 spiro atoms. The lowest BCUT2D eigenvalue weighted by Crippen LogP contribution is -2.34. The zero-order valence-electron chi connectivity index (χ0n) is 20.3. The Morgan fingerprint density at radius 3 is 2.06 bits per heavy atom. The van der Waals surface area contributed by atoms with E-state index in [0.29, 0.717) is 35.0 Å². The first kappa shape index (κ1) is 27.0. The van der Waals surface area contributed by atoms with Gasteiger partial charge < -0.3 is 14.8 Å². The fourth-order valence-electron chi connectivity index (χ4n) is 3.06. The van der Waals surface area contributed by atoms with E-state index in [1.54, 1.807) is 60.7 Å². The third kappa shape index (κ3) is 7.69. The Hall–Kier alpha value is -3.63. The summed E-state index contributed by atoms with van der Waals surface area (Å²) in [5.74, 6) is 0.974. The highest BCUT2D eigenvalue weighted by atomic mass is 32.2. The number of carbonyl (C=O) groups is 1. The molecule has 0 aromatic heterocycles. The first-order valence-corrected chi connectivity index (χ1v) is 13.3. The van der Waals surface area contributed by atoms with Gasteiger partial charge in [0.1, 0.15) is 11.5 Å². The van der Waals surface area contributed by atoms with Crippen LogP contribution in [0.2, 0.25) is 0 Å². The molecule has 8 nitrogen and oxygen atoms in total. The second kappa shape index (κ2) is 12.4. The molecule has 0 bridgehead atoms. The van der Waals surface area contributed by atoms with Crippen LogP contribution in [0.25, 0.3) is 0 Å². The summed E-state index contributed by atoms with van der Waals surface area (Å²) in [6.07, 6.45) is 0.972. The van der Waals surface area contributed by atoms with Crippen molar-refractivity contribution in [2.24, 2.45) is 0 Å². The predicted octanol–water partition coefficient (Wildman–Crippen LogP) is 5.19. The van der Waals surface area contributed by atoms with Gasteiger partial charge in [0.15, 0.2) is 5.11 Å². The number of ether oxygens (including phenoxy) is 2. The predicted molar refractivity (Wildman–Crippen MR) is 145 cm³/mol. The molecule has 1 amide bonds. The van der Waals surface area contributed by atoms with E-state index < -0.39 is 10.0 Å². The van der Waals surface area contributed by atoms with Gasteiger partial charge in [-0.05, 0) is 105 Å². The molecule has 0 heterocycles. The third-order valence-electron chi connectivity index (χ3n) is 5.10. The first-order valence-electron chi connectivity index (χ1n) is 11.4. The molecule has 36 heavy (non-hydrogen) atoms. The fraction of sp³-hybridized carbons (Fsp3) is 0.231. The average Bonchev–Trinajstić information content (AvgIpc) is 2.86. The summed E-state index contributed by atoms with van der Waals surface area (Å²) in [4.78, 5) is 12.6. The summed E-state index contributed by atoms with van der Waals surface area (Å²) >= 11 is 5.22. The monoisotopic (exact) mass is 527 g/mol. The minimum absolute atomic E-state index is 0.0802. The van der Waals surface area contributed by atoms with Gasteiger partial charge >= 0.3 is 0 Å². The molecule has 1 unspecified atom stereocenters. The molecule has 0 saturated carbocycles. The van der Waals surface area contributed by atoms with E-state index in [1.165, 1.54) is 12.1 Å². The molecule has 0 aliphatic heterocycles. The van der Waals surface area contributed by atoms with Crippen molar-refractivity contribution in [1.82, 2.24) is 5.32 Å². The van der Waals surface area contributed by atoms with Crippen LogP contribution in [0.4, 0.5) is 11.4 Å². The van der Waals surface area contributed by atoms with E-state index in [-0.39, 0.29) is 22.0 Å². The molecule has 3 N–H and O–H groups in total. The number of rotatable bonds is 10. The van der Waals surface area contributed by atoms with Gasteiger partial charge in [0, 0.05) is 16.9 Å². The van der Waals surface area contributed by atoms with Crippen molar-refractivity contribution in [2.45, 2.75) is 38.2 Å². The van der Waals surface area contributed by atoms with Gasteiger partial charge in [-0.3, -0.25) is 14.8 Å². The van der Waals surface area contributed by atoms with Crippen molar-refractivity contribution in [2.75, 3.05) is 16.6 Å². The van der Waals surface area contributed by atoms with Gasteiger partial charge in [-0.1, -0.05) is 6.92 Å². The molecule has 3 aromatic carbocycles. The van der Waals surface area contributed by atoms with Gasteiger partial charge in [-0.25, -0.2) is 8.42 Å². The van der Waals surface area contributed by atoms with E-state index in [9.17, 15) is 13.2 Å².